The van der Waals surface area contributed by atoms with Crippen molar-refractivity contribution in [1.29, 1.82) is 0 Å². The van der Waals surface area contributed by atoms with Crippen LogP contribution < -0.4 is 9.47 Å². The maximum Gasteiger partial charge on any atom is 0.201 e. The van der Waals surface area contributed by atoms with Gasteiger partial charge in [0.05, 0.1) is 13.2 Å². The molecule has 4 aromatic rings. The van der Waals surface area contributed by atoms with Crippen LogP contribution >= 0.6 is 0 Å². The summed E-state index contributed by atoms with van der Waals surface area (Å²) in [5.74, 6) is -0.956. The molecule has 0 amide bonds. The molecule has 0 saturated heterocycles. The van der Waals surface area contributed by atoms with E-state index in [4.69, 9.17) is 9.47 Å². The van der Waals surface area contributed by atoms with Gasteiger partial charge in [-0.15, -0.1) is 0 Å². The second-order valence-corrected chi connectivity index (χ2v) is 9.53. The van der Waals surface area contributed by atoms with Crippen molar-refractivity contribution in [1.82, 2.24) is 0 Å². The molecular formula is C34H36F2O2. The van der Waals surface area contributed by atoms with E-state index < -0.39 is 11.6 Å². The number of hydrogen-bond acceptors (Lipinski definition) is 2. The van der Waals surface area contributed by atoms with Crippen LogP contribution in [0.5, 0.6) is 11.5 Å². The Kier molecular flexibility index (Phi) is 9.91. The van der Waals surface area contributed by atoms with Crippen molar-refractivity contribution in [2.75, 3.05) is 13.2 Å². The van der Waals surface area contributed by atoms with Gasteiger partial charge in [0.15, 0.2) is 11.6 Å². The van der Waals surface area contributed by atoms with Crippen LogP contribution in [0.3, 0.4) is 0 Å². The van der Waals surface area contributed by atoms with Crippen LogP contribution in [-0.4, -0.2) is 13.2 Å². The Hall–Kier alpha value is -3.66. The number of benzene rings is 4. The normalized spacial score (nSPS) is 10.9. The van der Waals surface area contributed by atoms with Crippen molar-refractivity contribution in [2.45, 2.75) is 52.4 Å². The summed E-state index contributed by atoms with van der Waals surface area (Å²) in [4.78, 5) is 0. The van der Waals surface area contributed by atoms with Crippen LogP contribution in [0.4, 0.5) is 8.78 Å². The van der Waals surface area contributed by atoms with E-state index in [0.29, 0.717) is 12.2 Å². The van der Waals surface area contributed by atoms with Crippen LogP contribution in [0.1, 0.15) is 52.4 Å². The molecule has 0 heterocycles. The molecule has 0 aromatic heterocycles. The number of ether oxygens (including phenoxy) is 2. The molecule has 4 rings (SSSR count). The molecule has 0 spiro atoms. The van der Waals surface area contributed by atoms with Crippen LogP contribution in [0.25, 0.3) is 33.4 Å². The molecule has 0 aliphatic heterocycles. The highest BCUT2D eigenvalue weighted by molar-refractivity contribution is 5.74. The van der Waals surface area contributed by atoms with Gasteiger partial charge in [-0.25, -0.2) is 4.39 Å². The summed E-state index contributed by atoms with van der Waals surface area (Å²) in [5, 5.41) is 0. The van der Waals surface area contributed by atoms with E-state index in [1.54, 1.807) is 6.07 Å². The zero-order chi connectivity index (χ0) is 26.7. The molecule has 198 valence electrons. The van der Waals surface area contributed by atoms with Gasteiger partial charge < -0.3 is 9.47 Å². The Balaban J connectivity index is 1.41. The van der Waals surface area contributed by atoms with Gasteiger partial charge in [-0.2, -0.15) is 4.39 Å². The van der Waals surface area contributed by atoms with E-state index in [-0.39, 0.29) is 11.3 Å². The van der Waals surface area contributed by atoms with Gasteiger partial charge in [-0.3, -0.25) is 0 Å². The molecule has 0 unspecified atom stereocenters. The third kappa shape index (κ3) is 7.00. The molecule has 0 aliphatic carbocycles. The highest BCUT2D eigenvalue weighted by atomic mass is 19.2. The lowest BCUT2D eigenvalue weighted by atomic mass is 9.98. The Morgan fingerprint density at radius 2 is 0.921 bits per heavy atom. The lowest BCUT2D eigenvalue weighted by Crippen LogP contribution is -2.01. The second kappa shape index (κ2) is 13.8. The standard InChI is InChI=1S/C34H36F2O2/c1-3-5-7-23-37-30-19-17-28(18-20-30)26-11-9-25(10-12-26)27-13-15-29(16-14-27)31-21-22-32(34(36)33(31)35)38-24-8-6-4-2/h9-22H,3-8,23-24H2,1-2H3. The molecule has 4 heteroatoms. The third-order valence-corrected chi connectivity index (χ3v) is 6.67. The first-order valence-corrected chi connectivity index (χ1v) is 13.7. The summed E-state index contributed by atoms with van der Waals surface area (Å²) >= 11 is 0. The van der Waals surface area contributed by atoms with Gasteiger partial charge >= 0.3 is 0 Å². The Morgan fingerprint density at radius 3 is 1.42 bits per heavy atom. The van der Waals surface area contributed by atoms with E-state index >= 15 is 0 Å². The summed E-state index contributed by atoms with van der Waals surface area (Å²) < 4.78 is 40.6. The average Bonchev–Trinajstić information content (AvgIpc) is 2.96. The minimum atomic E-state index is -0.935. The number of unbranched alkanes of at least 4 members (excludes halogenated alkanes) is 4. The molecule has 4 aromatic carbocycles. The Labute approximate surface area is 225 Å². The summed E-state index contributed by atoms with van der Waals surface area (Å²) in [5.41, 5.74) is 5.16. The van der Waals surface area contributed by atoms with Crippen molar-refractivity contribution in [3.63, 3.8) is 0 Å². The summed E-state index contributed by atoms with van der Waals surface area (Å²) in [7, 11) is 0. The maximum atomic E-state index is 14.8. The molecule has 0 radical (unpaired) electrons. The monoisotopic (exact) mass is 514 g/mol. The maximum absolute atomic E-state index is 14.8. The molecule has 0 bridgehead atoms. The van der Waals surface area contributed by atoms with Gasteiger partial charge in [0, 0.05) is 5.56 Å². The third-order valence-electron chi connectivity index (χ3n) is 6.67. The predicted octanol–water partition coefficient (Wildman–Crippen LogP) is 10.1. The van der Waals surface area contributed by atoms with Gasteiger partial charge in [0.25, 0.3) is 0 Å². The Bertz CT molecular complexity index is 1280. The van der Waals surface area contributed by atoms with Crippen molar-refractivity contribution in [2.24, 2.45) is 0 Å². The molecular weight excluding hydrogens is 478 g/mol. The number of halogens is 2. The summed E-state index contributed by atoms with van der Waals surface area (Å²) in [6.07, 6.45) is 6.31. The SMILES string of the molecule is CCCCCOc1ccc(-c2ccc(-c3ccc(-c4ccc(OCCCCC)c(F)c4F)cc3)cc2)cc1. The van der Waals surface area contributed by atoms with E-state index in [2.05, 4.69) is 50.2 Å². The van der Waals surface area contributed by atoms with Crippen LogP contribution in [0.15, 0.2) is 84.9 Å². The highest BCUT2D eigenvalue weighted by Crippen LogP contribution is 2.32. The fraction of sp³-hybridized carbons (Fsp3) is 0.294. The molecule has 0 aliphatic rings. The van der Waals surface area contributed by atoms with Gasteiger partial charge in [-0.1, -0.05) is 100 Å². The smallest absolute Gasteiger partial charge is 0.201 e. The zero-order valence-electron chi connectivity index (χ0n) is 22.3. The fourth-order valence-electron chi connectivity index (χ4n) is 4.38. The number of hydrogen-bond donors (Lipinski definition) is 0. The number of rotatable bonds is 13. The highest BCUT2D eigenvalue weighted by Gasteiger charge is 2.16. The van der Waals surface area contributed by atoms with Gasteiger partial charge in [0.1, 0.15) is 5.75 Å². The quantitative estimate of drug-likeness (QED) is 0.165. The first-order chi connectivity index (χ1) is 18.6. The lowest BCUT2D eigenvalue weighted by Gasteiger charge is -2.11. The van der Waals surface area contributed by atoms with Gasteiger partial charge in [0.2, 0.25) is 5.82 Å². The summed E-state index contributed by atoms with van der Waals surface area (Å²) in [6.45, 7) is 5.40. The molecule has 0 fully saturated rings. The molecule has 2 nitrogen and oxygen atoms in total. The molecule has 38 heavy (non-hydrogen) atoms. The van der Waals surface area contributed by atoms with Crippen molar-refractivity contribution >= 4 is 0 Å². The predicted molar refractivity (Wildman–Crippen MR) is 153 cm³/mol. The molecule has 0 N–H and O–H groups in total. The van der Waals surface area contributed by atoms with Crippen LogP contribution in [-0.2, 0) is 0 Å². The van der Waals surface area contributed by atoms with E-state index in [1.165, 1.54) is 18.9 Å². The van der Waals surface area contributed by atoms with E-state index in [0.717, 1.165) is 60.3 Å². The van der Waals surface area contributed by atoms with Crippen LogP contribution in [0, 0.1) is 11.6 Å². The second-order valence-electron chi connectivity index (χ2n) is 9.53. The lowest BCUT2D eigenvalue weighted by molar-refractivity contribution is 0.286. The molecule has 0 atom stereocenters. The first kappa shape index (κ1) is 27.4. The Morgan fingerprint density at radius 1 is 0.474 bits per heavy atom. The fourth-order valence-corrected chi connectivity index (χ4v) is 4.38. The van der Waals surface area contributed by atoms with Crippen molar-refractivity contribution < 1.29 is 18.3 Å². The van der Waals surface area contributed by atoms with Crippen molar-refractivity contribution in [3.05, 3.63) is 96.6 Å². The van der Waals surface area contributed by atoms with Gasteiger partial charge in [-0.05, 0) is 64.9 Å². The minimum absolute atomic E-state index is 0.0341. The van der Waals surface area contributed by atoms with Crippen molar-refractivity contribution in [3.8, 4) is 44.9 Å². The molecule has 0 saturated carbocycles. The van der Waals surface area contributed by atoms with Crippen LogP contribution in [0.2, 0.25) is 0 Å². The topological polar surface area (TPSA) is 18.5 Å². The van der Waals surface area contributed by atoms with E-state index in [1.807, 2.05) is 36.4 Å². The largest absolute Gasteiger partial charge is 0.494 e. The zero-order valence-corrected chi connectivity index (χ0v) is 22.3. The minimum Gasteiger partial charge on any atom is -0.494 e. The average molecular weight is 515 g/mol. The summed E-state index contributed by atoms with van der Waals surface area (Å²) in [6, 6.07) is 27.1. The first-order valence-electron chi connectivity index (χ1n) is 13.7. The van der Waals surface area contributed by atoms with E-state index in [9.17, 15) is 8.78 Å².